The Morgan fingerprint density at radius 2 is 2.12 bits per heavy atom. The normalized spacial score (nSPS) is 10.5. The third kappa shape index (κ3) is 2.21. The topological polar surface area (TPSA) is 41.6 Å². The molecule has 0 N–H and O–H groups in total. The number of hydrogen-bond acceptors (Lipinski definition) is 2. The van der Waals surface area contributed by atoms with E-state index in [1.807, 2.05) is 42.2 Å². The van der Waals surface area contributed by atoms with Gasteiger partial charge in [-0.05, 0) is 44.0 Å². The van der Waals surface area contributed by atoms with Gasteiger partial charge in [0, 0.05) is 17.8 Å². The van der Waals surface area contributed by atoms with Crippen LogP contribution in [0.15, 0.2) is 30.6 Å². The molecular weight excluding hydrogens is 210 g/mol. The van der Waals surface area contributed by atoms with E-state index in [2.05, 4.69) is 25.0 Å². The summed E-state index contributed by atoms with van der Waals surface area (Å²) in [6, 6.07) is 8.24. The molecule has 0 atom stereocenters. The van der Waals surface area contributed by atoms with Crippen molar-refractivity contribution in [1.29, 1.82) is 5.26 Å². The van der Waals surface area contributed by atoms with Gasteiger partial charge in [-0.1, -0.05) is 6.07 Å². The lowest BCUT2D eigenvalue weighted by Gasteiger charge is -2.05. The van der Waals surface area contributed by atoms with Crippen LogP contribution in [0.2, 0.25) is 0 Å². The third-order valence-corrected chi connectivity index (χ3v) is 2.80. The number of nitrogens with zero attached hydrogens (tertiary/aromatic N) is 3. The number of hydrogen-bond donors (Lipinski definition) is 0. The molecule has 17 heavy (non-hydrogen) atoms. The van der Waals surface area contributed by atoms with Crippen LogP contribution in [0.4, 0.5) is 0 Å². The molecule has 0 amide bonds. The second-order valence-corrected chi connectivity index (χ2v) is 4.44. The number of rotatable bonds is 2. The number of aryl methyl sites for hydroxylation is 1. The molecule has 0 aliphatic rings. The Bertz CT molecular complexity index is 573. The van der Waals surface area contributed by atoms with Crippen molar-refractivity contribution in [2.75, 3.05) is 0 Å². The fourth-order valence-electron chi connectivity index (χ4n) is 1.82. The van der Waals surface area contributed by atoms with E-state index in [0.29, 0.717) is 11.6 Å². The highest BCUT2D eigenvalue weighted by Crippen LogP contribution is 2.24. The van der Waals surface area contributed by atoms with Gasteiger partial charge in [0.1, 0.15) is 0 Å². The SMILES string of the molecule is Cc1cc(C#N)ccc1-c1cnn(C(C)C)c1. The molecule has 0 unspecified atom stereocenters. The lowest BCUT2D eigenvalue weighted by atomic mass is 10.0. The molecule has 0 bridgehead atoms. The Labute approximate surface area is 101 Å². The highest BCUT2D eigenvalue weighted by molar-refractivity contribution is 5.66. The number of nitriles is 1. The summed E-state index contributed by atoms with van der Waals surface area (Å²) >= 11 is 0. The van der Waals surface area contributed by atoms with Crippen molar-refractivity contribution in [3.05, 3.63) is 41.7 Å². The van der Waals surface area contributed by atoms with Gasteiger partial charge in [-0.25, -0.2) is 0 Å². The van der Waals surface area contributed by atoms with Crippen molar-refractivity contribution >= 4 is 0 Å². The van der Waals surface area contributed by atoms with Crippen LogP contribution < -0.4 is 0 Å². The molecular formula is C14H15N3. The summed E-state index contributed by atoms with van der Waals surface area (Å²) in [6.45, 7) is 6.22. The summed E-state index contributed by atoms with van der Waals surface area (Å²) in [5.74, 6) is 0. The van der Waals surface area contributed by atoms with Crippen LogP contribution in [-0.2, 0) is 0 Å². The number of benzene rings is 1. The molecule has 86 valence electrons. The Balaban J connectivity index is 2.43. The zero-order valence-corrected chi connectivity index (χ0v) is 10.3. The van der Waals surface area contributed by atoms with E-state index < -0.39 is 0 Å². The maximum absolute atomic E-state index is 8.83. The molecule has 0 aliphatic heterocycles. The molecule has 1 heterocycles. The Morgan fingerprint density at radius 1 is 1.35 bits per heavy atom. The lowest BCUT2D eigenvalue weighted by Crippen LogP contribution is -1.99. The van der Waals surface area contributed by atoms with Gasteiger partial charge in [0.2, 0.25) is 0 Å². The van der Waals surface area contributed by atoms with Crippen LogP contribution in [0, 0.1) is 18.3 Å². The van der Waals surface area contributed by atoms with E-state index in [4.69, 9.17) is 5.26 Å². The highest BCUT2D eigenvalue weighted by atomic mass is 15.3. The molecule has 2 rings (SSSR count). The van der Waals surface area contributed by atoms with Crippen LogP contribution in [-0.4, -0.2) is 9.78 Å². The Morgan fingerprint density at radius 3 is 2.65 bits per heavy atom. The van der Waals surface area contributed by atoms with Crippen molar-refractivity contribution in [2.24, 2.45) is 0 Å². The third-order valence-electron chi connectivity index (χ3n) is 2.80. The zero-order chi connectivity index (χ0) is 12.4. The van der Waals surface area contributed by atoms with Crippen LogP contribution in [0.25, 0.3) is 11.1 Å². The van der Waals surface area contributed by atoms with Gasteiger partial charge in [-0.2, -0.15) is 10.4 Å². The van der Waals surface area contributed by atoms with Crippen molar-refractivity contribution < 1.29 is 0 Å². The van der Waals surface area contributed by atoms with Gasteiger partial charge in [0.05, 0.1) is 17.8 Å². The smallest absolute Gasteiger partial charge is 0.0991 e. The maximum Gasteiger partial charge on any atom is 0.0991 e. The molecule has 0 saturated carbocycles. The lowest BCUT2D eigenvalue weighted by molar-refractivity contribution is 0.532. The summed E-state index contributed by atoms with van der Waals surface area (Å²) in [7, 11) is 0. The molecule has 0 radical (unpaired) electrons. The first kappa shape index (κ1) is 11.4. The second kappa shape index (κ2) is 4.42. The van der Waals surface area contributed by atoms with E-state index >= 15 is 0 Å². The number of aromatic nitrogens is 2. The molecule has 1 aromatic carbocycles. The fraction of sp³-hybridized carbons (Fsp3) is 0.286. The van der Waals surface area contributed by atoms with E-state index in [1.165, 1.54) is 0 Å². The van der Waals surface area contributed by atoms with Crippen LogP contribution in [0.1, 0.15) is 31.0 Å². The largest absolute Gasteiger partial charge is 0.270 e. The summed E-state index contributed by atoms with van der Waals surface area (Å²) < 4.78 is 1.94. The first-order chi connectivity index (χ1) is 8.11. The van der Waals surface area contributed by atoms with Crippen LogP contribution >= 0.6 is 0 Å². The highest BCUT2D eigenvalue weighted by Gasteiger charge is 2.07. The summed E-state index contributed by atoms with van der Waals surface area (Å²) in [4.78, 5) is 0. The maximum atomic E-state index is 8.83. The van der Waals surface area contributed by atoms with Gasteiger partial charge in [-0.3, -0.25) is 4.68 Å². The average Bonchev–Trinajstić information content (AvgIpc) is 2.78. The van der Waals surface area contributed by atoms with E-state index in [9.17, 15) is 0 Å². The minimum absolute atomic E-state index is 0.363. The van der Waals surface area contributed by atoms with E-state index in [1.54, 1.807) is 0 Å². The molecule has 1 aromatic heterocycles. The molecule has 0 saturated heterocycles. The van der Waals surface area contributed by atoms with Gasteiger partial charge in [0.25, 0.3) is 0 Å². The van der Waals surface area contributed by atoms with E-state index in [-0.39, 0.29) is 0 Å². The minimum atomic E-state index is 0.363. The molecule has 0 spiro atoms. The predicted molar refractivity (Wildman–Crippen MR) is 67.5 cm³/mol. The van der Waals surface area contributed by atoms with E-state index in [0.717, 1.165) is 16.7 Å². The summed E-state index contributed by atoms with van der Waals surface area (Å²) in [5.41, 5.74) is 4.03. The van der Waals surface area contributed by atoms with Gasteiger partial charge in [0.15, 0.2) is 0 Å². The fourth-order valence-corrected chi connectivity index (χ4v) is 1.82. The molecule has 2 aromatic rings. The first-order valence-corrected chi connectivity index (χ1v) is 5.67. The standard InChI is InChI=1S/C14H15N3/c1-10(2)17-9-13(8-16-17)14-5-4-12(7-15)6-11(14)3/h4-6,8-10H,1-3H3. The molecule has 0 aliphatic carbocycles. The monoisotopic (exact) mass is 225 g/mol. The molecule has 3 nitrogen and oxygen atoms in total. The van der Waals surface area contributed by atoms with Crippen LogP contribution in [0.5, 0.6) is 0 Å². The van der Waals surface area contributed by atoms with Crippen molar-refractivity contribution in [2.45, 2.75) is 26.8 Å². The van der Waals surface area contributed by atoms with Crippen molar-refractivity contribution in [3.8, 4) is 17.2 Å². The van der Waals surface area contributed by atoms with Gasteiger partial charge in [-0.15, -0.1) is 0 Å². The van der Waals surface area contributed by atoms with Crippen molar-refractivity contribution in [3.63, 3.8) is 0 Å². The predicted octanol–water partition coefficient (Wildman–Crippen LogP) is 3.31. The summed E-state index contributed by atoms with van der Waals surface area (Å²) in [5, 5.41) is 13.2. The Kier molecular flexibility index (Phi) is 2.97. The molecule has 0 fully saturated rings. The van der Waals surface area contributed by atoms with Crippen LogP contribution in [0.3, 0.4) is 0 Å². The summed E-state index contributed by atoms with van der Waals surface area (Å²) in [6.07, 6.45) is 3.91. The minimum Gasteiger partial charge on any atom is -0.270 e. The average molecular weight is 225 g/mol. The first-order valence-electron chi connectivity index (χ1n) is 5.67. The second-order valence-electron chi connectivity index (χ2n) is 4.44. The van der Waals surface area contributed by atoms with Crippen molar-refractivity contribution in [1.82, 2.24) is 9.78 Å². The zero-order valence-electron chi connectivity index (χ0n) is 10.3. The van der Waals surface area contributed by atoms with Gasteiger partial charge >= 0.3 is 0 Å². The Hall–Kier alpha value is -2.08. The molecule has 3 heteroatoms. The quantitative estimate of drug-likeness (QED) is 0.786. The van der Waals surface area contributed by atoms with Gasteiger partial charge < -0.3 is 0 Å².